The summed E-state index contributed by atoms with van der Waals surface area (Å²) in [6.45, 7) is 12.1. The molecule has 1 N–H and O–H groups in total. The minimum atomic E-state index is 0. The van der Waals surface area contributed by atoms with E-state index in [4.69, 9.17) is 4.42 Å². The van der Waals surface area contributed by atoms with Gasteiger partial charge in [-0.05, 0) is 37.8 Å². The van der Waals surface area contributed by atoms with Crippen molar-refractivity contribution < 1.29 is 4.42 Å². The van der Waals surface area contributed by atoms with Crippen molar-refractivity contribution in [2.24, 2.45) is 5.41 Å². The van der Waals surface area contributed by atoms with Crippen LogP contribution in [0.4, 0.5) is 0 Å². The van der Waals surface area contributed by atoms with Crippen molar-refractivity contribution in [1.82, 2.24) is 5.32 Å². The van der Waals surface area contributed by atoms with E-state index in [2.05, 4.69) is 58.1 Å². The maximum Gasteiger partial charge on any atom is 0.134 e. The van der Waals surface area contributed by atoms with Gasteiger partial charge in [-0.2, -0.15) is 0 Å². The Labute approximate surface area is 140 Å². The zero-order valence-electron chi connectivity index (χ0n) is 14.3. The van der Waals surface area contributed by atoms with Crippen LogP contribution < -0.4 is 5.32 Å². The van der Waals surface area contributed by atoms with Crippen LogP contribution >= 0.6 is 12.4 Å². The molecule has 2 nitrogen and oxygen atoms in total. The van der Waals surface area contributed by atoms with Crippen molar-refractivity contribution in [3.05, 3.63) is 48.2 Å². The number of hydrogen-bond acceptors (Lipinski definition) is 2. The molecule has 0 atom stereocenters. The van der Waals surface area contributed by atoms with E-state index < -0.39 is 0 Å². The molecule has 0 saturated carbocycles. The minimum Gasteiger partial charge on any atom is -0.460 e. The number of rotatable bonds is 5. The Kier molecular flexibility index (Phi) is 6.27. The third kappa shape index (κ3) is 5.86. The first-order valence-corrected chi connectivity index (χ1v) is 7.64. The van der Waals surface area contributed by atoms with Crippen LogP contribution in [0.15, 0.2) is 46.9 Å². The largest absolute Gasteiger partial charge is 0.460 e. The quantitative estimate of drug-likeness (QED) is 0.767. The molecule has 0 fully saturated rings. The fourth-order valence-corrected chi connectivity index (χ4v) is 2.95. The van der Waals surface area contributed by atoms with E-state index in [0.29, 0.717) is 5.41 Å². The zero-order valence-corrected chi connectivity index (χ0v) is 15.1. The molecule has 0 aliphatic carbocycles. The van der Waals surface area contributed by atoms with Gasteiger partial charge in [0.05, 0.1) is 6.54 Å². The van der Waals surface area contributed by atoms with Crippen molar-refractivity contribution in [3.8, 4) is 11.3 Å². The molecule has 1 aromatic heterocycles. The average molecular weight is 322 g/mol. The molecule has 1 heterocycles. The van der Waals surface area contributed by atoms with Crippen molar-refractivity contribution >= 4 is 12.4 Å². The lowest BCUT2D eigenvalue weighted by atomic mass is 9.82. The van der Waals surface area contributed by atoms with Gasteiger partial charge in [-0.3, -0.25) is 0 Å². The Bertz CT molecular complexity index is 567. The SMILES string of the molecule is CC(C)(C)CC(C)(C)NCc1ccc(-c2ccccc2)o1.Cl. The van der Waals surface area contributed by atoms with Gasteiger partial charge in [0.15, 0.2) is 0 Å². The second kappa shape index (κ2) is 7.34. The van der Waals surface area contributed by atoms with Crippen molar-refractivity contribution in [2.75, 3.05) is 0 Å². The van der Waals surface area contributed by atoms with Crippen LogP contribution in [0.5, 0.6) is 0 Å². The smallest absolute Gasteiger partial charge is 0.134 e. The Hall–Kier alpha value is -1.25. The van der Waals surface area contributed by atoms with Crippen LogP contribution in [0.25, 0.3) is 11.3 Å². The number of nitrogens with one attached hydrogen (secondary N) is 1. The fraction of sp³-hybridized carbons (Fsp3) is 0.474. The molecule has 0 unspecified atom stereocenters. The van der Waals surface area contributed by atoms with Gasteiger partial charge in [0, 0.05) is 11.1 Å². The molecule has 3 heteroatoms. The van der Waals surface area contributed by atoms with Crippen LogP contribution in [0.3, 0.4) is 0 Å². The Morgan fingerprint density at radius 3 is 2.14 bits per heavy atom. The van der Waals surface area contributed by atoms with Crippen LogP contribution in [0.1, 0.15) is 46.8 Å². The van der Waals surface area contributed by atoms with Crippen molar-refractivity contribution in [3.63, 3.8) is 0 Å². The molecule has 0 saturated heterocycles. The summed E-state index contributed by atoms with van der Waals surface area (Å²) in [5, 5.41) is 3.60. The predicted octanol–water partition coefficient (Wildman–Crippen LogP) is 5.67. The van der Waals surface area contributed by atoms with E-state index >= 15 is 0 Å². The summed E-state index contributed by atoms with van der Waals surface area (Å²) in [5.41, 5.74) is 1.53. The molecule has 2 rings (SSSR count). The topological polar surface area (TPSA) is 25.2 Å². The van der Waals surface area contributed by atoms with Crippen LogP contribution in [-0.2, 0) is 6.54 Å². The summed E-state index contributed by atoms with van der Waals surface area (Å²) < 4.78 is 5.93. The number of hydrogen-bond donors (Lipinski definition) is 1. The average Bonchev–Trinajstić information content (AvgIpc) is 2.84. The number of furan rings is 1. The normalized spacial score (nSPS) is 12.0. The van der Waals surface area contributed by atoms with E-state index in [-0.39, 0.29) is 17.9 Å². The molecule has 0 bridgehead atoms. The standard InChI is InChI=1S/C19H27NO.ClH/c1-18(2,3)14-19(4,5)20-13-16-11-12-17(21-16)15-9-7-6-8-10-15;/h6-12,20H,13-14H2,1-5H3;1H. The van der Waals surface area contributed by atoms with E-state index in [9.17, 15) is 0 Å². The first kappa shape index (κ1) is 18.8. The summed E-state index contributed by atoms with van der Waals surface area (Å²) in [4.78, 5) is 0. The first-order valence-electron chi connectivity index (χ1n) is 7.64. The summed E-state index contributed by atoms with van der Waals surface area (Å²) >= 11 is 0. The highest BCUT2D eigenvalue weighted by molar-refractivity contribution is 5.85. The summed E-state index contributed by atoms with van der Waals surface area (Å²) in [5.74, 6) is 1.91. The van der Waals surface area contributed by atoms with Gasteiger partial charge in [0.2, 0.25) is 0 Å². The van der Waals surface area contributed by atoms with Gasteiger partial charge in [-0.1, -0.05) is 51.1 Å². The Morgan fingerprint density at radius 2 is 1.55 bits per heavy atom. The minimum absolute atomic E-state index is 0. The van der Waals surface area contributed by atoms with Crippen LogP contribution in [0, 0.1) is 5.41 Å². The molecule has 0 aliphatic rings. The van der Waals surface area contributed by atoms with E-state index in [0.717, 1.165) is 30.0 Å². The Morgan fingerprint density at radius 1 is 0.909 bits per heavy atom. The molecule has 0 amide bonds. The lowest BCUT2D eigenvalue weighted by Crippen LogP contribution is -2.41. The highest BCUT2D eigenvalue weighted by Crippen LogP contribution is 2.27. The molecule has 22 heavy (non-hydrogen) atoms. The lowest BCUT2D eigenvalue weighted by molar-refractivity contribution is 0.236. The number of halogens is 1. The number of benzene rings is 1. The Balaban J connectivity index is 0.00000242. The van der Waals surface area contributed by atoms with Gasteiger partial charge in [0.25, 0.3) is 0 Å². The monoisotopic (exact) mass is 321 g/mol. The van der Waals surface area contributed by atoms with E-state index in [1.807, 2.05) is 24.3 Å². The lowest BCUT2D eigenvalue weighted by Gasteiger charge is -2.33. The predicted molar refractivity (Wildman–Crippen MR) is 96.4 cm³/mol. The molecule has 1 aromatic carbocycles. The van der Waals surface area contributed by atoms with Gasteiger partial charge in [-0.15, -0.1) is 12.4 Å². The summed E-state index contributed by atoms with van der Waals surface area (Å²) in [6.07, 6.45) is 1.12. The molecular formula is C19H28ClNO. The third-order valence-electron chi connectivity index (χ3n) is 3.43. The highest BCUT2D eigenvalue weighted by Gasteiger charge is 2.25. The van der Waals surface area contributed by atoms with Gasteiger partial charge in [0.1, 0.15) is 11.5 Å². The molecular weight excluding hydrogens is 294 g/mol. The maximum absolute atomic E-state index is 5.93. The third-order valence-corrected chi connectivity index (χ3v) is 3.43. The second-order valence-electron chi connectivity index (χ2n) is 7.61. The second-order valence-corrected chi connectivity index (χ2v) is 7.61. The van der Waals surface area contributed by atoms with Crippen LogP contribution in [-0.4, -0.2) is 5.54 Å². The van der Waals surface area contributed by atoms with Crippen molar-refractivity contribution in [1.29, 1.82) is 0 Å². The zero-order chi connectivity index (χ0) is 15.5. The van der Waals surface area contributed by atoms with Gasteiger partial charge >= 0.3 is 0 Å². The van der Waals surface area contributed by atoms with E-state index in [1.165, 1.54) is 0 Å². The maximum atomic E-state index is 5.93. The van der Waals surface area contributed by atoms with E-state index in [1.54, 1.807) is 0 Å². The summed E-state index contributed by atoms with van der Waals surface area (Å²) in [6, 6.07) is 14.3. The van der Waals surface area contributed by atoms with Crippen LogP contribution in [0.2, 0.25) is 0 Å². The summed E-state index contributed by atoms with van der Waals surface area (Å²) in [7, 11) is 0. The molecule has 2 aromatic rings. The highest BCUT2D eigenvalue weighted by atomic mass is 35.5. The molecule has 122 valence electrons. The molecule has 0 aliphatic heterocycles. The molecule has 0 radical (unpaired) electrons. The molecule has 0 spiro atoms. The first-order chi connectivity index (χ1) is 9.75. The van der Waals surface area contributed by atoms with Gasteiger partial charge < -0.3 is 9.73 Å². The fourth-order valence-electron chi connectivity index (χ4n) is 2.95. The van der Waals surface area contributed by atoms with Crippen molar-refractivity contribution in [2.45, 2.75) is 53.1 Å². The van der Waals surface area contributed by atoms with Gasteiger partial charge in [-0.25, -0.2) is 0 Å².